The normalized spacial score (nSPS) is 11.2. The molecular weight excluding hydrogens is 400 g/mol. The van der Waals surface area contributed by atoms with Crippen molar-refractivity contribution < 1.29 is 18.3 Å². The molecule has 5 nitrogen and oxygen atoms in total. The number of amides is 1. The van der Waals surface area contributed by atoms with Crippen LogP contribution in [0.2, 0.25) is 0 Å². The number of rotatable bonds is 6. The van der Waals surface area contributed by atoms with Crippen LogP contribution in [0, 0.1) is 0 Å². The molecule has 0 unspecified atom stereocenters. The van der Waals surface area contributed by atoms with Gasteiger partial charge in [0.25, 0.3) is 5.91 Å². The molecule has 0 aliphatic heterocycles. The van der Waals surface area contributed by atoms with E-state index in [2.05, 4.69) is 20.2 Å². The molecule has 1 heterocycles. The van der Waals surface area contributed by atoms with Crippen LogP contribution in [-0.4, -0.2) is 23.7 Å². The van der Waals surface area contributed by atoms with Crippen LogP contribution in [0.4, 0.5) is 8.78 Å². The number of benzene rings is 3. The molecule has 0 radical (unpaired) electrons. The second kappa shape index (κ2) is 9.13. The predicted molar refractivity (Wildman–Crippen MR) is 115 cm³/mol. The first-order valence-electron chi connectivity index (χ1n) is 9.43. The quantitative estimate of drug-likeness (QED) is 0.344. The summed E-state index contributed by atoms with van der Waals surface area (Å²) < 4.78 is 28.7. The molecule has 0 atom stereocenters. The zero-order chi connectivity index (χ0) is 21.6. The van der Waals surface area contributed by atoms with E-state index in [1.807, 2.05) is 54.6 Å². The number of carbonyl (C=O) groups excluding carboxylic acids is 1. The number of hydrogen-bond acceptors (Lipinski definition) is 4. The largest absolute Gasteiger partial charge is 0.435 e. The standard InChI is InChI=1S/C24H17F2N3O2/c25-24(26)31-18-12-10-16(11-13-18)15-27-29-23(30)20-14-22(17-6-2-1-3-7-17)28-21-9-5-4-8-19(20)21/h1-15,24H,(H,29,30)/b27-15+. The second-order valence-corrected chi connectivity index (χ2v) is 6.58. The molecule has 0 spiro atoms. The smallest absolute Gasteiger partial charge is 0.387 e. The topological polar surface area (TPSA) is 63.6 Å². The average Bonchev–Trinajstić information content (AvgIpc) is 2.79. The van der Waals surface area contributed by atoms with E-state index in [4.69, 9.17) is 0 Å². The van der Waals surface area contributed by atoms with Crippen LogP contribution in [0.25, 0.3) is 22.2 Å². The third-order valence-corrected chi connectivity index (χ3v) is 4.52. The Morgan fingerprint density at radius 1 is 0.968 bits per heavy atom. The van der Waals surface area contributed by atoms with Crippen molar-refractivity contribution in [3.05, 3.63) is 96.1 Å². The lowest BCUT2D eigenvalue weighted by molar-refractivity contribution is -0.0498. The summed E-state index contributed by atoms with van der Waals surface area (Å²) in [6.07, 6.45) is 1.42. The molecule has 4 rings (SSSR count). The van der Waals surface area contributed by atoms with E-state index in [-0.39, 0.29) is 11.7 Å². The number of pyridine rings is 1. The first-order chi connectivity index (χ1) is 15.1. The van der Waals surface area contributed by atoms with Crippen molar-refractivity contribution in [3.63, 3.8) is 0 Å². The maximum Gasteiger partial charge on any atom is 0.387 e. The lowest BCUT2D eigenvalue weighted by Crippen LogP contribution is -2.18. The van der Waals surface area contributed by atoms with Crippen LogP contribution in [-0.2, 0) is 0 Å². The van der Waals surface area contributed by atoms with Gasteiger partial charge < -0.3 is 4.74 Å². The third kappa shape index (κ3) is 4.90. The van der Waals surface area contributed by atoms with Gasteiger partial charge in [-0.05, 0) is 42.0 Å². The van der Waals surface area contributed by atoms with Crippen molar-refractivity contribution >= 4 is 23.0 Å². The molecular formula is C24H17F2N3O2. The van der Waals surface area contributed by atoms with Gasteiger partial charge in [0.1, 0.15) is 5.75 Å². The molecule has 31 heavy (non-hydrogen) atoms. The Kier molecular flexibility index (Phi) is 5.93. The molecule has 4 aromatic rings. The lowest BCUT2D eigenvalue weighted by Gasteiger charge is -2.09. The maximum absolute atomic E-state index is 12.9. The second-order valence-electron chi connectivity index (χ2n) is 6.58. The summed E-state index contributed by atoms with van der Waals surface area (Å²) in [6.45, 7) is -2.88. The Labute approximate surface area is 177 Å². The highest BCUT2D eigenvalue weighted by molar-refractivity contribution is 6.07. The maximum atomic E-state index is 12.9. The molecule has 3 aromatic carbocycles. The van der Waals surface area contributed by atoms with Crippen LogP contribution in [0.3, 0.4) is 0 Å². The number of halogens is 2. The lowest BCUT2D eigenvalue weighted by atomic mass is 10.0. The van der Waals surface area contributed by atoms with E-state index in [0.29, 0.717) is 27.7 Å². The van der Waals surface area contributed by atoms with Gasteiger partial charge in [-0.1, -0.05) is 48.5 Å². The molecule has 1 aromatic heterocycles. The highest BCUT2D eigenvalue weighted by Crippen LogP contribution is 2.24. The van der Waals surface area contributed by atoms with Crippen molar-refractivity contribution in [2.75, 3.05) is 0 Å². The summed E-state index contributed by atoms with van der Waals surface area (Å²) in [5, 5.41) is 4.70. The summed E-state index contributed by atoms with van der Waals surface area (Å²) in [4.78, 5) is 17.5. The average molecular weight is 417 g/mol. The number of para-hydroxylation sites is 1. The summed E-state index contributed by atoms with van der Waals surface area (Å²) in [7, 11) is 0. The molecule has 1 amide bonds. The number of ether oxygens (including phenoxy) is 1. The van der Waals surface area contributed by atoms with Gasteiger partial charge in [0.15, 0.2) is 0 Å². The van der Waals surface area contributed by atoms with Gasteiger partial charge in [-0.3, -0.25) is 4.79 Å². The molecule has 0 saturated heterocycles. The Hall–Kier alpha value is -4.13. The number of hydrogen-bond donors (Lipinski definition) is 1. The Morgan fingerprint density at radius 3 is 2.42 bits per heavy atom. The summed E-state index contributed by atoms with van der Waals surface area (Å²) in [5.41, 5.74) is 5.87. The summed E-state index contributed by atoms with van der Waals surface area (Å²) >= 11 is 0. The fraction of sp³-hybridized carbons (Fsp3) is 0.0417. The van der Waals surface area contributed by atoms with E-state index in [1.54, 1.807) is 18.2 Å². The Morgan fingerprint density at radius 2 is 1.68 bits per heavy atom. The zero-order valence-electron chi connectivity index (χ0n) is 16.2. The Balaban J connectivity index is 1.56. The van der Waals surface area contributed by atoms with Crippen LogP contribution in [0.5, 0.6) is 5.75 Å². The van der Waals surface area contributed by atoms with Gasteiger partial charge in [0.05, 0.1) is 23.0 Å². The van der Waals surface area contributed by atoms with Crippen LogP contribution in [0.15, 0.2) is 90.0 Å². The molecule has 0 fully saturated rings. The third-order valence-electron chi connectivity index (χ3n) is 4.52. The van der Waals surface area contributed by atoms with Gasteiger partial charge >= 0.3 is 6.61 Å². The number of fused-ring (bicyclic) bond motifs is 1. The fourth-order valence-electron chi connectivity index (χ4n) is 3.08. The van der Waals surface area contributed by atoms with Crippen molar-refractivity contribution in [2.24, 2.45) is 5.10 Å². The van der Waals surface area contributed by atoms with Gasteiger partial charge in [-0.15, -0.1) is 0 Å². The number of hydrazone groups is 1. The first kappa shape index (κ1) is 20.2. The number of nitrogens with zero attached hydrogens (tertiary/aromatic N) is 2. The van der Waals surface area contributed by atoms with Crippen LogP contribution in [0.1, 0.15) is 15.9 Å². The predicted octanol–water partition coefficient (Wildman–Crippen LogP) is 5.27. The minimum Gasteiger partial charge on any atom is -0.435 e. The first-order valence-corrected chi connectivity index (χ1v) is 9.43. The molecule has 0 saturated carbocycles. The minimum atomic E-state index is -2.88. The van der Waals surface area contributed by atoms with E-state index in [1.165, 1.54) is 18.3 Å². The number of carbonyl (C=O) groups is 1. The molecule has 0 bridgehead atoms. The van der Waals surface area contributed by atoms with Gasteiger partial charge in [0, 0.05) is 10.9 Å². The number of alkyl halides is 2. The summed E-state index contributed by atoms with van der Waals surface area (Å²) in [6, 6.07) is 24.6. The van der Waals surface area contributed by atoms with E-state index < -0.39 is 6.61 Å². The van der Waals surface area contributed by atoms with Crippen molar-refractivity contribution in [1.82, 2.24) is 10.4 Å². The molecule has 7 heteroatoms. The Bertz CT molecular complexity index is 1230. The summed E-state index contributed by atoms with van der Waals surface area (Å²) in [5.74, 6) is -0.336. The van der Waals surface area contributed by atoms with Gasteiger partial charge in [-0.2, -0.15) is 13.9 Å². The van der Waals surface area contributed by atoms with Gasteiger partial charge in [-0.25, -0.2) is 10.4 Å². The van der Waals surface area contributed by atoms with Crippen molar-refractivity contribution in [2.45, 2.75) is 6.61 Å². The van der Waals surface area contributed by atoms with E-state index in [9.17, 15) is 13.6 Å². The van der Waals surface area contributed by atoms with E-state index >= 15 is 0 Å². The molecule has 0 aliphatic rings. The van der Waals surface area contributed by atoms with Crippen LogP contribution < -0.4 is 10.2 Å². The molecule has 1 N–H and O–H groups in total. The SMILES string of the molecule is O=C(N/N=C/c1ccc(OC(F)F)cc1)c1cc(-c2ccccc2)nc2ccccc12. The zero-order valence-corrected chi connectivity index (χ0v) is 16.2. The van der Waals surface area contributed by atoms with Crippen LogP contribution >= 0.6 is 0 Å². The van der Waals surface area contributed by atoms with Crippen molar-refractivity contribution in [1.29, 1.82) is 0 Å². The minimum absolute atomic E-state index is 0.0490. The highest BCUT2D eigenvalue weighted by Gasteiger charge is 2.13. The number of aromatic nitrogens is 1. The molecule has 0 aliphatic carbocycles. The molecule has 154 valence electrons. The highest BCUT2D eigenvalue weighted by atomic mass is 19.3. The monoisotopic (exact) mass is 417 g/mol. The van der Waals surface area contributed by atoms with Gasteiger partial charge in [0.2, 0.25) is 0 Å². The fourth-order valence-corrected chi connectivity index (χ4v) is 3.08. The number of nitrogens with one attached hydrogen (secondary N) is 1. The van der Waals surface area contributed by atoms with E-state index in [0.717, 1.165) is 5.56 Å². The van der Waals surface area contributed by atoms with Crippen molar-refractivity contribution in [3.8, 4) is 17.0 Å².